The number of nitrogens with zero attached hydrogens (tertiary/aromatic N) is 3. The van der Waals surface area contributed by atoms with Crippen molar-refractivity contribution in [3.8, 4) is 0 Å². The number of carbonyl (C=O) groups excluding carboxylic acids is 2. The van der Waals surface area contributed by atoms with Crippen molar-refractivity contribution in [1.29, 1.82) is 0 Å². The summed E-state index contributed by atoms with van der Waals surface area (Å²) in [6.45, 7) is -0.0342. The number of alkyl halides is 3. The average Bonchev–Trinajstić information content (AvgIpc) is 3.36. The van der Waals surface area contributed by atoms with Crippen LogP contribution in [0.5, 0.6) is 0 Å². The maximum Gasteiger partial charge on any atom is 0.418 e. The highest BCUT2D eigenvalue weighted by molar-refractivity contribution is 6.07. The number of benzene rings is 2. The fourth-order valence-corrected chi connectivity index (χ4v) is 4.68. The maximum absolute atomic E-state index is 14.9. The number of para-hydroxylation sites is 1. The summed E-state index contributed by atoms with van der Waals surface area (Å²) in [7, 11) is 1.41. The first-order valence-corrected chi connectivity index (χ1v) is 11.5. The molecule has 2 aliphatic heterocycles. The van der Waals surface area contributed by atoms with Crippen LogP contribution in [0.4, 0.5) is 34.6 Å². The van der Waals surface area contributed by atoms with Crippen molar-refractivity contribution in [1.82, 2.24) is 15.1 Å². The molecule has 1 fully saturated rings. The van der Waals surface area contributed by atoms with Gasteiger partial charge in [-0.15, -0.1) is 0 Å². The van der Waals surface area contributed by atoms with Gasteiger partial charge < -0.3 is 19.9 Å². The van der Waals surface area contributed by atoms with E-state index in [0.29, 0.717) is 0 Å². The minimum atomic E-state index is -4.63. The quantitative estimate of drug-likeness (QED) is 0.489. The Morgan fingerprint density at radius 2 is 1.97 bits per heavy atom. The monoisotopic (exact) mass is 531 g/mol. The van der Waals surface area contributed by atoms with Crippen LogP contribution in [-0.4, -0.2) is 52.7 Å². The lowest BCUT2D eigenvalue weighted by Gasteiger charge is -2.44. The fraction of sp³-hybridized carbons (Fsp3) is 0.280. The molecule has 0 unspecified atom stereocenters. The van der Waals surface area contributed by atoms with Crippen molar-refractivity contribution in [2.24, 2.45) is 0 Å². The van der Waals surface area contributed by atoms with Gasteiger partial charge in [0.05, 0.1) is 41.9 Å². The van der Waals surface area contributed by atoms with Gasteiger partial charge in [-0.05, 0) is 24.3 Å². The molecule has 2 aliphatic rings. The number of hydrogen-bond donors (Lipinski definition) is 2. The molecular formula is C25H21F4N5O4. The number of anilines is 3. The Morgan fingerprint density at radius 3 is 2.66 bits per heavy atom. The van der Waals surface area contributed by atoms with Gasteiger partial charge in [-0.1, -0.05) is 12.1 Å². The molecule has 3 heterocycles. The molecule has 13 heteroatoms. The van der Waals surface area contributed by atoms with Crippen LogP contribution in [0.15, 0.2) is 53.5 Å². The minimum absolute atomic E-state index is 0.0196. The highest BCUT2D eigenvalue weighted by Crippen LogP contribution is 2.43. The molecule has 1 aromatic heterocycles. The van der Waals surface area contributed by atoms with Crippen LogP contribution in [0.1, 0.15) is 27.9 Å². The predicted molar refractivity (Wildman–Crippen MR) is 127 cm³/mol. The van der Waals surface area contributed by atoms with Crippen LogP contribution in [0, 0.1) is 5.82 Å². The number of aromatic nitrogens is 2. The van der Waals surface area contributed by atoms with E-state index in [1.54, 1.807) is 0 Å². The highest BCUT2D eigenvalue weighted by Gasteiger charge is 2.52. The number of fused-ring (bicyclic) bond motifs is 1. The van der Waals surface area contributed by atoms with Crippen LogP contribution in [0.3, 0.4) is 0 Å². The third kappa shape index (κ3) is 4.28. The summed E-state index contributed by atoms with van der Waals surface area (Å²) in [5.74, 6) is -1.86. The van der Waals surface area contributed by atoms with Crippen LogP contribution >= 0.6 is 0 Å². The normalized spacial score (nSPS) is 18.5. The molecule has 2 N–H and O–H groups in total. The second-order valence-corrected chi connectivity index (χ2v) is 9.05. The van der Waals surface area contributed by atoms with Crippen molar-refractivity contribution < 1.29 is 31.9 Å². The van der Waals surface area contributed by atoms with Gasteiger partial charge >= 0.3 is 6.18 Å². The number of nitrogens with one attached hydrogen (secondary N) is 2. The van der Waals surface area contributed by atoms with Crippen molar-refractivity contribution in [3.63, 3.8) is 0 Å². The molecular weight excluding hydrogens is 510 g/mol. The lowest BCUT2D eigenvalue weighted by molar-refractivity contribution is -0.137. The van der Waals surface area contributed by atoms with E-state index in [-0.39, 0.29) is 54.4 Å². The van der Waals surface area contributed by atoms with Gasteiger partial charge in [0.25, 0.3) is 17.4 Å². The fourth-order valence-electron chi connectivity index (χ4n) is 4.68. The van der Waals surface area contributed by atoms with Gasteiger partial charge in [0, 0.05) is 37.4 Å². The Labute approximate surface area is 213 Å². The van der Waals surface area contributed by atoms with E-state index in [4.69, 9.17) is 4.74 Å². The standard InChI is InChI=1S/C25H21F4N5O4/c1-33(22(36)14-8-21(35)32-30-11-14)24(6-7-38-13-24)23(37)34-12-16-18(26)9-15(10-20(16)34)31-19-5-3-2-4-17(19)25(27,28)29/h2-5,8-11,31H,6-7,12-13H2,1H3,(H,32,35)/t24-/m0/s1. The van der Waals surface area contributed by atoms with E-state index in [1.807, 2.05) is 0 Å². The third-order valence-electron chi connectivity index (χ3n) is 6.79. The molecule has 38 heavy (non-hydrogen) atoms. The molecule has 3 aromatic rings. The molecule has 0 spiro atoms. The summed E-state index contributed by atoms with van der Waals surface area (Å²) < 4.78 is 60.6. The molecule has 2 aromatic carbocycles. The minimum Gasteiger partial charge on any atom is -0.378 e. The molecule has 0 aliphatic carbocycles. The van der Waals surface area contributed by atoms with Crippen LogP contribution in [-0.2, 0) is 22.3 Å². The van der Waals surface area contributed by atoms with Gasteiger partial charge in [-0.3, -0.25) is 14.4 Å². The largest absolute Gasteiger partial charge is 0.418 e. The topological polar surface area (TPSA) is 108 Å². The average molecular weight is 531 g/mol. The van der Waals surface area contributed by atoms with Gasteiger partial charge in [0.1, 0.15) is 11.4 Å². The number of halogens is 4. The zero-order valence-electron chi connectivity index (χ0n) is 19.9. The van der Waals surface area contributed by atoms with E-state index in [0.717, 1.165) is 18.2 Å². The number of rotatable bonds is 5. The van der Waals surface area contributed by atoms with Crippen molar-refractivity contribution >= 4 is 28.9 Å². The number of ether oxygens (including phenoxy) is 1. The molecule has 0 saturated carbocycles. The van der Waals surface area contributed by atoms with Crippen LogP contribution in [0.25, 0.3) is 0 Å². The first kappa shape index (κ1) is 25.4. The molecule has 0 radical (unpaired) electrons. The van der Waals surface area contributed by atoms with E-state index >= 15 is 0 Å². The summed E-state index contributed by atoms with van der Waals surface area (Å²) in [5.41, 5.74) is -2.85. The number of hydrogen-bond acceptors (Lipinski definition) is 6. The number of likely N-dealkylation sites (N-methyl/N-ethyl adjacent to an activating group) is 1. The Bertz CT molecular complexity index is 1480. The number of amides is 2. The first-order chi connectivity index (χ1) is 18.0. The van der Waals surface area contributed by atoms with Gasteiger partial charge in [0.15, 0.2) is 0 Å². The second-order valence-electron chi connectivity index (χ2n) is 9.05. The van der Waals surface area contributed by atoms with Crippen molar-refractivity contribution in [3.05, 3.63) is 81.5 Å². The SMILES string of the molecule is CN(C(=O)c1cn[nH]c(=O)c1)[C@@]1(C(=O)N2Cc3c(F)cc(Nc4ccccc4C(F)(F)F)cc32)CCOC1. The maximum atomic E-state index is 14.9. The van der Waals surface area contributed by atoms with Gasteiger partial charge in [-0.2, -0.15) is 18.3 Å². The Kier molecular flexibility index (Phi) is 6.18. The van der Waals surface area contributed by atoms with Crippen molar-refractivity contribution in [2.75, 3.05) is 30.5 Å². The summed E-state index contributed by atoms with van der Waals surface area (Å²) >= 11 is 0. The van der Waals surface area contributed by atoms with Crippen molar-refractivity contribution in [2.45, 2.75) is 24.7 Å². The Hall–Kier alpha value is -4.26. The first-order valence-electron chi connectivity index (χ1n) is 11.5. The zero-order valence-corrected chi connectivity index (χ0v) is 19.9. The molecule has 2 amide bonds. The van der Waals surface area contributed by atoms with Crippen LogP contribution in [0.2, 0.25) is 0 Å². The molecule has 0 bridgehead atoms. The molecule has 198 valence electrons. The van der Waals surface area contributed by atoms with Crippen LogP contribution < -0.4 is 15.8 Å². The number of aromatic amines is 1. The van der Waals surface area contributed by atoms with E-state index in [9.17, 15) is 31.9 Å². The van der Waals surface area contributed by atoms with E-state index < -0.39 is 40.5 Å². The lowest BCUT2D eigenvalue weighted by Crippen LogP contribution is -2.62. The summed E-state index contributed by atoms with van der Waals surface area (Å²) in [5, 5.41) is 8.39. The molecule has 1 atom stereocenters. The second kappa shape index (κ2) is 9.24. The van der Waals surface area contributed by atoms with Gasteiger partial charge in [0.2, 0.25) is 0 Å². The molecule has 9 nitrogen and oxygen atoms in total. The zero-order chi connectivity index (χ0) is 27.2. The van der Waals surface area contributed by atoms with E-state index in [1.165, 1.54) is 47.3 Å². The Morgan fingerprint density at radius 1 is 1.21 bits per heavy atom. The number of H-pyrrole nitrogens is 1. The van der Waals surface area contributed by atoms with Gasteiger partial charge in [-0.25, -0.2) is 9.49 Å². The third-order valence-corrected chi connectivity index (χ3v) is 6.79. The predicted octanol–water partition coefficient (Wildman–Crippen LogP) is 3.45. The smallest absolute Gasteiger partial charge is 0.378 e. The summed E-state index contributed by atoms with van der Waals surface area (Å²) in [6, 6.07) is 8.30. The highest BCUT2D eigenvalue weighted by atomic mass is 19.4. The Balaban J connectivity index is 1.45. The molecule has 1 saturated heterocycles. The number of carbonyl (C=O) groups is 2. The lowest BCUT2D eigenvalue weighted by atomic mass is 9.90. The van der Waals surface area contributed by atoms with E-state index in [2.05, 4.69) is 15.5 Å². The molecule has 5 rings (SSSR count). The summed E-state index contributed by atoms with van der Waals surface area (Å²) in [6.07, 6.45) is -3.32. The summed E-state index contributed by atoms with van der Waals surface area (Å²) in [4.78, 5) is 41.0.